The molecule has 0 radical (unpaired) electrons. The molecule has 1 saturated heterocycles. The molecule has 1 atom stereocenters. The molecule has 0 saturated carbocycles. The van der Waals surface area contributed by atoms with Crippen molar-refractivity contribution in [2.45, 2.75) is 58.5 Å². The summed E-state index contributed by atoms with van der Waals surface area (Å²) in [6, 6.07) is 0.443. The van der Waals surface area contributed by atoms with Crippen LogP contribution >= 0.6 is 0 Å². The minimum Gasteiger partial charge on any atom is -0.501 e. The van der Waals surface area contributed by atoms with Crippen molar-refractivity contribution in [2.24, 2.45) is 0 Å². The van der Waals surface area contributed by atoms with E-state index in [-0.39, 0.29) is 5.91 Å². The molecular formula is C18H28N4O3. The highest BCUT2D eigenvalue weighted by Crippen LogP contribution is 2.21. The summed E-state index contributed by atoms with van der Waals surface area (Å²) in [5.41, 5.74) is 0.819. The highest BCUT2D eigenvalue weighted by molar-refractivity contribution is 5.93. The number of nitrogens with zero attached hydrogens (tertiary/aromatic N) is 4. The molecule has 1 amide bonds. The van der Waals surface area contributed by atoms with E-state index in [9.17, 15) is 4.79 Å². The van der Waals surface area contributed by atoms with Gasteiger partial charge in [0.05, 0.1) is 25.0 Å². The summed E-state index contributed by atoms with van der Waals surface area (Å²) in [7, 11) is 0. The Kier molecular flexibility index (Phi) is 6.07. The molecule has 0 aliphatic carbocycles. The van der Waals surface area contributed by atoms with Gasteiger partial charge in [0, 0.05) is 26.1 Å². The van der Waals surface area contributed by atoms with E-state index in [2.05, 4.69) is 22.0 Å². The normalized spacial score (nSPS) is 21.6. The second-order valence-electron chi connectivity index (χ2n) is 6.79. The van der Waals surface area contributed by atoms with Gasteiger partial charge in [-0.2, -0.15) is 4.98 Å². The molecule has 7 heteroatoms. The molecule has 1 fully saturated rings. The molecule has 0 spiro atoms. The lowest BCUT2D eigenvalue weighted by Crippen LogP contribution is -2.37. The fraction of sp³-hybridized carbons (Fsp3) is 0.722. The van der Waals surface area contributed by atoms with Crippen LogP contribution in [0.1, 0.15) is 50.7 Å². The Morgan fingerprint density at radius 2 is 2.24 bits per heavy atom. The summed E-state index contributed by atoms with van der Waals surface area (Å²) >= 11 is 0. The Morgan fingerprint density at radius 3 is 2.92 bits per heavy atom. The number of carbonyl (C=O) groups excluding carboxylic acids is 1. The lowest BCUT2D eigenvalue weighted by atomic mass is 10.1. The van der Waals surface area contributed by atoms with Crippen molar-refractivity contribution in [3.8, 4) is 0 Å². The molecule has 3 heterocycles. The number of ether oxygens (including phenoxy) is 1. The Balaban J connectivity index is 1.58. The Morgan fingerprint density at radius 1 is 1.36 bits per heavy atom. The molecule has 0 aromatic carbocycles. The summed E-state index contributed by atoms with van der Waals surface area (Å²) in [5, 5.41) is 4.01. The molecule has 7 nitrogen and oxygen atoms in total. The number of aryl methyl sites for hydroxylation is 1. The predicted molar refractivity (Wildman–Crippen MR) is 92.6 cm³/mol. The number of hydrogen-bond acceptors (Lipinski definition) is 6. The standard InChI is InChI=1S/C18H28N4O3/c1-3-21(12-17-19-14(2)25-20-17)16-7-4-9-22(10-8-16)18(23)15-6-5-11-24-13-15/h13,16H,3-12H2,1-2H3/t16-/m1/s1. The molecule has 3 rings (SSSR count). The monoisotopic (exact) mass is 348 g/mol. The van der Waals surface area contributed by atoms with Crippen molar-refractivity contribution < 1.29 is 14.1 Å². The molecule has 2 aliphatic heterocycles. The van der Waals surface area contributed by atoms with Crippen LogP contribution in [0.3, 0.4) is 0 Å². The van der Waals surface area contributed by atoms with Crippen LogP contribution in [0.2, 0.25) is 0 Å². The topological polar surface area (TPSA) is 71.7 Å². The first-order valence-electron chi connectivity index (χ1n) is 9.30. The fourth-order valence-corrected chi connectivity index (χ4v) is 3.66. The van der Waals surface area contributed by atoms with Gasteiger partial charge < -0.3 is 14.2 Å². The van der Waals surface area contributed by atoms with Gasteiger partial charge in [0.1, 0.15) is 0 Å². The zero-order chi connectivity index (χ0) is 17.6. The third-order valence-electron chi connectivity index (χ3n) is 5.03. The molecule has 25 heavy (non-hydrogen) atoms. The molecule has 2 aliphatic rings. The summed E-state index contributed by atoms with van der Waals surface area (Å²) in [6.07, 6.45) is 6.50. The Bertz CT molecular complexity index is 613. The van der Waals surface area contributed by atoms with E-state index in [1.165, 1.54) is 0 Å². The molecule has 138 valence electrons. The van der Waals surface area contributed by atoms with Crippen molar-refractivity contribution in [1.29, 1.82) is 0 Å². The first-order valence-corrected chi connectivity index (χ1v) is 9.30. The number of aromatic nitrogens is 2. The van der Waals surface area contributed by atoms with E-state index < -0.39 is 0 Å². The summed E-state index contributed by atoms with van der Waals surface area (Å²) in [5.74, 6) is 1.49. The van der Waals surface area contributed by atoms with E-state index >= 15 is 0 Å². The molecule has 0 N–H and O–H groups in total. The molecule has 1 aromatic heterocycles. The quantitative estimate of drug-likeness (QED) is 0.813. The van der Waals surface area contributed by atoms with E-state index in [0.717, 1.165) is 69.7 Å². The number of amides is 1. The number of carbonyl (C=O) groups is 1. The zero-order valence-electron chi connectivity index (χ0n) is 15.2. The smallest absolute Gasteiger partial charge is 0.252 e. The largest absolute Gasteiger partial charge is 0.501 e. The zero-order valence-corrected chi connectivity index (χ0v) is 15.2. The van der Waals surface area contributed by atoms with Crippen molar-refractivity contribution >= 4 is 5.91 Å². The van der Waals surface area contributed by atoms with Gasteiger partial charge in [0.25, 0.3) is 5.91 Å². The van der Waals surface area contributed by atoms with Crippen LogP contribution in [-0.2, 0) is 16.1 Å². The van der Waals surface area contributed by atoms with Crippen molar-refractivity contribution in [3.63, 3.8) is 0 Å². The Labute approximate surface area is 149 Å². The third-order valence-corrected chi connectivity index (χ3v) is 5.03. The summed E-state index contributed by atoms with van der Waals surface area (Å²) in [6.45, 7) is 7.95. The van der Waals surface area contributed by atoms with Crippen LogP contribution in [0.5, 0.6) is 0 Å². The van der Waals surface area contributed by atoms with Crippen LogP contribution in [0, 0.1) is 6.92 Å². The maximum Gasteiger partial charge on any atom is 0.252 e. The van der Waals surface area contributed by atoms with Gasteiger partial charge in [0.2, 0.25) is 5.89 Å². The molecule has 0 unspecified atom stereocenters. The second-order valence-corrected chi connectivity index (χ2v) is 6.79. The van der Waals surface area contributed by atoms with Gasteiger partial charge in [-0.15, -0.1) is 0 Å². The Hall–Kier alpha value is -1.89. The molecular weight excluding hydrogens is 320 g/mol. The van der Waals surface area contributed by atoms with Crippen molar-refractivity contribution in [3.05, 3.63) is 23.6 Å². The highest BCUT2D eigenvalue weighted by atomic mass is 16.5. The van der Waals surface area contributed by atoms with Crippen molar-refractivity contribution in [1.82, 2.24) is 19.9 Å². The van der Waals surface area contributed by atoms with Gasteiger partial charge in [-0.1, -0.05) is 12.1 Å². The minimum absolute atomic E-state index is 0.150. The average Bonchev–Trinajstić information content (AvgIpc) is 2.91. The van der Waals surface area contributed by atoms with Gasteiger partial charge in [-0.25, -0.2) is 0 Å². The van der Waals surface area contributed by atoms with E-state index in [4.69, 9.17) is 9.26 Å². The van der Waals surface area contributed by atoms with Gasteiger partial charge in [-0.3, -0.25) is 9.69 Å². The predicted octanol–water partition coefficient (Wildman–Crippen LogP) is 2.28. The van der Waals surface area contributed by atoms with Gasteiger partial charge in [0.15, 0.2) is 5.82 Å². The third kappa shape index (κ3) is 4.60. The van der Waals surface area contributed by atoms with E-state index in [1.54, 1.807) is 6.26 Å². The second kappa shape index (κ2) is 8.47. The number of rotatable bonds is 5. The van der Waals surface area contributed by atoms with Gasteiger partial charge in [-0.05, 0) is 38.6 Å². The first kappa shape index (κ1) is 17.9. The number of likely N-dealkylation sites (tertiary alicyclic amines) is 1. The van der Waals surface area contributed by atoms with Crippen LogP contribution in [0.25, 0.3) is 0 Å². The molecule has 0 bridgehead atoms. The van der Waals surface area contributed by atoms with Crippen LogP contribution in [0.4, 0.5) is 0 Å². The average molecular weight is 348 g/mol. The molecule has 1 aromatic rings. The van der Waals surface area contributed by atoms with Crippen LogP contribution < -0.4 is 0 Å². The first-order chi connectivity index (χ1) is 12.2. The summed E-state index contributed by atoms with van der Waals surface area (Å²) in [4.78, 5) is 21.4. The maximum absolute atomic E-state index is 12.7. The number of hydrogen-bond donors (Lipinski definition) is 0. The highest BCUT2D eigenvalue weighted by Gasteiger charge is 2.27. The maximum atomic E-state index is 12.7. The van der Waals surface area contributed by atoms with Crippen molar-refractivity contribution in [2.75, 3.05) is 26.2 Å². The van der Waals surface area contributed by atoms with Gasteiger partial charge >= 0.3 is 0 Å². The van der Waals surface area contributed by atoms with Crippen LogP contribution in [0.15, 0.2) is 16.4 Å². The van der Waals surface area contributed by atoms with Crippen LogP contribution in [-0.4, -0.2) is 58.1 Å². The van der Waals surface area contributed by atoms with E-state index in [0.29, 0.717) is 18.5 Å². The lowest BCUT2D eigenvalue weighted by Gasteiger charge is -2.29. The van der Waals surface area contributed by atoms with E-state index in [1.807, 2.05) is 11.8 Å². The SMILES string of the molecule is CCN(Cc1noc(C)n1)[C@@H]1CCCN(C(=O)C2=COCCC2)CC1. The fourth-order valence-electron chi connectivity index (χ4n) is 3.66. The minimum atomic E-state index is 0.150. The summed E-state index contributed by atoms with van der Waals surface area (Å²) < 4.78 is 10.4. The lowest BCUT2D eigenvalue weighted by molar-refractivity contribution is -0.127.